The second-order valence-electron chi connectivity index (χ2n) is 13.0. The molecule has 1 fully saturated rings. The summed E-state index contributed by atoms with van der Waals surface area (Å²) in [6.45, 7) is 12.1. The molecule has 2 aliphatic rings. The van der Waals surface area contributed by atoms with Crippen molar-refractivity contribution < 1.29 is 28.7 Å². The van der Waals surface area contributed by atoms with Crippen LogP contribution < -0.4 is 25.4 Å². The van der Waals surface area contributed by atoms with Crippen molar-refractivity contribution in [2.75, 3.05) is 27.7 Å². The molecule has 7 atom stereocenters. The monoisotopic (exact) mass is 627 g/mol. The molecule has 3 N–H and O–H groups in total. The van der Waals surface area contributed by atoms with Crippen molar-refractivity contribution in [3.8, 4) is 11.5 Å². The molecular weight excluding hydrogens is 574 g/mol. The highest BCUT2D eigenvalue weighted by molar-refractivity contribution is 5.96. The summed E-state index contributed by atoms with van der Waals surface area (Å²) in [6.07, 6.45) is 4.91. The zero-order valence-corrected chi connectivity index (χ0v) is 28.4. The number of fused-ring (bicyclic) bond motifs is 3. The van der Waals surface area contributed by atoms with Gasteiger partial charge in [-0.1, -0.05) is 54.4 Å². The average molecular weight is 628 g/mol. The van der Waals surface area contributed by atoms with E-state index in [2.05, 4.69) is 29.8 Å². The fourth-order valence-electron chi connectivity index (χ4n) is 5.89. The van der Waals surface area contributed by atoms with Gasteiger partial charge in [0.15, 0.2) is 0 Å². The standard InChI is InChI=1S/C34H53N5O6/c1-10-21(5)28-32(41)35-16-14-23-19-24(12-13-26(23)44-9)45-27-15-17-39(30(27)33(42)36-28)34(43)29(22(6)11-2)37-31(40)25(38(7)8)18-20(3)4/h12-14,16,19-22,25,27-30H,10-11,15,17-18H2,1-9H3,(H,35,41)(H,36,42)(H,37,40)/b16-14-/t21-,22-,25-,27-,28-,29-,30-/m0/s1. The van der Waals surface area contributed by atoms with Gasteiger partial charge in [-0.15, -0.1) is 0 Å². The van der Waals surface area contributed by atoms with Gasteiger partial charge in [0.2, 0.25) is 23.6 Å². The minimum Gasteiger partial charge on any atom is -0.496 e. The lowest BCUT2D eigenvalue weighted by atomic mass is 9.95. The molecule has 0 aliphatic carbocycles. The molecule has 2 aliphatic heterocycles. The first-order valence-corrected chi connectivity index (χ1v) is 16.2. The van der Waals surface area contributed by atoms with Crippen LogP contribution in [0.2, 0.25) is 0 Å². The van der Waals surface area contributed by atoms with Crippen LogP contribution in [-0.2, 0) is 19.2 Å². The maximum atomic E-state index is 14.4. The molecule has 3 rings (SSSR count). The molecule has 0 unspecified atom stereocenters. The summed E-state index contributed by atoms with van der Waals surface area (Å²) in [6, 6.07) is 2.21. The van der Waals surface area contributed by atoms with E-state index in [1.807, 2.05) is 46.7 Å². The van der Waals surface area contributed by atoms with Crippen LogP contribution in [0.5, 0.6) is 11.5 Å². The Balaban J connectivity index is 2.02. The van der Waals surface area contributed by atoms with E-state index in [-0.39, 0.29) is 42.0 Å². The second-order valence-corrected chi connectivity index (χ2v) is 13.0. The number of hydrogen-bond acceptors (Lipinski definition) is 7. The summed E-state index contributed by atoms with van der Waals surface area (Å²) in [5.41, 5.74) is 0.688. The Kier molecular flexibility index (Phi) is 12.8. The molecule has 2 heterocycles. The number of nitrogens with zero attached hydrogens (tertiary/aromatic N) is 2. The maximum absolute atomic E-state index is 14.4. The fraction of sp³-hybridized carbons (Fsp3) is 0.647. The molecule has 0 radical (unpaired) electrons. The van der Waals surface area contributed by atoms with Gasteiger partial charge < -0.3 is 30.3 Å². The molecule has 1 aromatic carbocycles. The number of carbonyl (C=O) groups excluding carboxylic acids is 4. The molecule has 4 amide bonds. The van der Waals surface area contributed by atoms with Gasteiger partial charge in [0.05, 0.1) is 13.2 Å². The number of carbonyl (C=O) groups is 4. The Labute approximate surface area is 268 Å². The summed E-state index contributed by atoms with van der Waals surface area (Å²) in [7, 11) is 5.28. The number of nitrogens with one attached hydrogen (secondary N) is 3. The highest BCUT2D eigenvalue weighted by Crippen LogP contribution is 2.31. The topological polar surface area (TPSA) is 129 Å². The zero-order chi connectivity index (χ0) is 33.4. The third-order valence-corrected chi connectivity index (χ3v) is 9.06. The molecule has 0 aromatic heterocycles. The van der Waals surface area contributed by atoms with Gasteiger partial charge in [-0.25, -0.2) is 0 Å². The largest absolute Gasteiger partial charge is 0.496 e. The van der Waals surface area contributed by atoms with Crippen LogP contribution in [0.25, 0.3) is 6.08 Å². The lowest BCUT2D eigenvalue weighted by Crippen LogP contribution is -2.61. The van der Waals surface area contributed by atoms with Crippen molar-refractivity contribution in [3.63, 3.8) is 0 Å². The third kappa shape index (κ3) is 8.77. The first kappa shape index (κ1) is 35.9. The second kappa shape index (κ2) is 16.1. The van der Waals surface area contributed by atoms with E-state index in [1.165, 1.54) is 11.1 Å². The Bertz CT molecular complexity index is 1230. The van der Waals surface area contributed by atoms with Gasteiger partial charge in [0, 0.05) is 24.7 Å². The molecular formula is C34H53N5O6. The predicted octanol–water partition coefficient (Wildman–Crippen LogP) is 3.18. The summed E-state index contributed by atoms with van der Waals surface area (Å²) >= 11 is 0. The van der Waals surface area contributed by atoms with Crippen molar-refractivity contribution in [3.05, 3.63) is 30.0 Å². The van der Waals surface area contributed by atoms with E-state index in [1.54, 1.807) is 31.4 Å². The molecule has 11 heteroatoms. The third-order valence-electron chi connectivity index (χ3n) is 9.06. The molecule has 1 saturated heterocycles. The van der Waals surface area contributed by atoms with E-state index >= 15 is 0 Å². The Morgan fingerprint density at radius 2 is 1.82 bits per heavy atom. The number of ether oxygens (including phenoxy) is 2. The Morgan fingerprint density at radius 3 is 2.42 bits per heavy atom. The first-order chi connectivity index (χ1) is 21.3. The van der Waals surface area contributed by atoms with E-state index < -0.39 is 36.2 Å². The van der Waals surface area contributed by atoms with E-state index in [0.717, 1.165) is 0 Å². The van der Waals surface area contributed by atoms with Crippen molar-refractivity contribution in [2.24, 2.45) is 17.8 Å². The smallest absolute Gasteiger partial charge is 0.247 e. The number of likely N-dealkylation sites (tertiary alicyclic amines) is 1. The van der Waals surface area contributed by atoms with Crippen molar-refractivity contribution in [1.29, 1.82) is 0 Å². The van der Waals surface area contributed by atoms with Crippen LogP contribution in [0.15, 0.2) is 24.4 Å². The minimum atomic E-state index is -1.01. The lowest BCUT2D eigenvalue weighted by Gasteiger charge is -2.35. The molecule has 1 aromatic rings. The molecule has 45 heavy (non-hydrogen) atoms. The summed E-state index contributed by atoms with van der Waals surface area (Å²) in [5.74, 6) is -0.362. The first-order valence-electron chi connectivity index (χ1n) is 16.2. The SMILES string of the molecule is CC[C@H](C)[C@@H]1NC(=O)[C@@H]2[C@H](CCN2C(=O)[C@@H](NC(=O)[C@H](CC(C)C)N(C)C)[C@@H](C)CC)Oc2ccc(OC)c(c2)/C=C\NC1=O. The van der Waals surface area contributed by atoms with Crippen LogP contribution in [0.3, 0.4) is 0 Å². The van der Waals surface area contributed by atoms with Crippen LogP contribution in [0.4, 0.5) is 0 Å². The number of benzene rings is 1. The van der Waals surface area contributed by atoms with Crippen LogP contribution in [0.1, 0.15) is 72.8 Å². The van der Waals surface area contributed by atoms with Crippen LogP contribution in [-0.4, -0.2) is 91.4 Å². The van der Waals surface area contributed by atoms with Crippen molar-refractivity contribution in [2.45, 2.75) is 97.5 Å². The van der Waals surface area contributed by atoms with Crippen molar-refractivity contribution >= 4 is 29.7 Å². The van der Waals surface area contributed by atoms with E-state index in [9.17, 15) is 19.2 Å². The summed E-state index contributed by atoms with van der Waals surface area (Å²) in [4.78, 5) is 58.8. The van der Waals surface area contributed by atoms with Crippen molar-refractivity contribution in [1.82, 2.24) is 25.8 Å². The maximum Gasteiger partial charge on any atom is 0.247 e. The Morgan fingerprint density at radius 1 is 1.11 bits per heavy atom. The van der Waals surface area contributed by atoms with Gasteiger partial charge in [-0.3, -0.25) is 24.1 Å². The highest BCUT2D eigenvalue weighted by Gasteiger charge is 2.47. The number of rotatable bonds is 11. The van der Waals surface area contributed by atoms with Crippen LogP contribution >= 0.6 is 0 Å². The normalized spacial score (nSPS) is 23.6. The minimum absolute atomic E-state index is 0.177. The van der Waals surface area contributed by atoms with Gasteiger partial charge in [-0.2, -0.15) is 0 Å². The van der Waals surface area contributed by atoms with Gasteiger partial charge in [0.1, 0.15) is 35.7 Å². The van der Waals surface area contributed by atoms with Gasteiger partial charge >= 0.3 is 0 Å². The quantitative estimate of drug-likeness (QED) is 0.344. The predicted molar refractivity (Wildman–Crippen MR) is 174 cm³/mol. The Hall–Kier alpha value is -3.60. The van der Waals surface area contributed by atoms with Gasteiger partial charge in [0.25, 0.3) is 0 Å². The van der Waals surface area contributed by atoms with E-state index in [0.29, 0.717) is 42.7 Å². The van der Waals surface area contributed by atoms with E-state index in [4.69, 9.17) is 9.47 Å². The lowest BCUT2D eigenvalue weighted by molar-refractivity contribution is -0.145. The number of amides is 4. The van der Waals surface area contributed by atoms with Gasteiger partial charge in [-0.05, 0) is 62.5 Å². The molecule has 2 bridgehead atoms. The summed E-state index contributed by atoms with van der Waals surface area (Å²) < 4.78 is 11.9. The molecule has 0 saturated carbocycles. The average Bonchev–Trinajstić information content (AvgIpc) is 3.42. The number of likely N-dealkylation sites (N-methyl/N-ethyl adjacent to an activating group) is 1. The highest BCUT2D eigenvalue weighted by atomic mass is 16.5. The number of hydrogen-bond donors (Lipinski definition) is 3. The molecule has 0 spiro atoms. The zero-order valence-electron chi connectivity index (χ0n) is 28.4. The van der Waals surface area contributed by atoms with Crippen LogP contribution in [0, 0.1) is 17.8 Å². The molecule has 250 valence electrons. The molecule has 11 nitrogen and oxygen atoms in total. The fourth-order valence-corrected chi connectivity index (χ4v) is 5.89. The number of methoxy groups -OCH3 is 1. The summed E-state index contributed by atoms with van der Waals surface area (Å²) in [5, 5.41) is 8.78.